The number of aromatic amines is 1. The molecule has 3 heterocycles. The summed E-state index contributed by atoms with van der Waals surface area (Å²) in [6.45, 7) is 7.05. The number of sulfone groups is 1. The molecule has 12 heteroatoms. The summed E-state index contributed by atoms with van der Waals surface area (Å²) in [7, 11) is -3.51. The van der Waals surface area contributed by atoms with E-state index in [0.29, 0.717) is 37.5 Å². The van der Waals surface area contributed by atoms with Crippen LogP contribution in [0.2, 0.25) is 0 Å². The highest BCUT2D eigenvalue weighted by molar-refractivity contribution is 7.91. The van der Waals surface area contributed by atoms with Gasteiger partial charge in [0.15, 0.2) is 9.84 Å². The summed E-state index contributed by atoms with van der Waals surface area (Å²) >= 11 is 0. The maximum atomic E-state index is 13.8. The maximum absolute atomic E-state index is 13.8. The molecule has 0 aliphatic carbocycles. The molecule has 1 unspecified atom stereocenters. The van der Waals surface area contributed by atoms with Gasteiger partial charge < -0.3 is 24.1 Å². The van der Waals surface area contributed by atoms with Crippen LogP contribution in [0.4, 0.5) is 0 Å². The lowest BCUT2D eigenvalue weighted by Gasteiger charge is -2.26. The Balaban J connectivity index is 1.20. The van der Waals surface area contributed by atoms with Gasteiger partial charge in [-0.25, -0.2) is 13.4 Å². The van der Waals surface area contributed by atoms with Crippen molar-refractivity contribution in [3.63, 3.8) is 0 Å². The molecule has 4 aromatic rings. The van der Waals surface area contributed by atoms with Gasteiger partial charge in [-0.2, -0.15) is 0 Å². The molecule has 1 fully saturated rings. The van der Waals surface area contributed by atoms with Crippen LogP contribution in [0, 0.1) is 6.92 Å². The average molecular weight is 633 g/mol. The molecule has 11 nitrogen and oxygen atoms in total. The zero-order valence-corrected chi connectivity index (χ0v) is 26.1. The number of aryl methyl sites for hydroxylation is 1. The van der Waals surface area contributed by atoms with Gasteiger partial charge >= 0.3 is 5.97 Å². The van der Waals surface area contributed by atoms with E-state index in [1.807, 2.05) is 43.3 Å². The number of nitrogens with one attached hydrogen (secondary N) is 1. The van der Waals surface area contributed by atoms with E-state index in [-0.39, 0.29) is 29.6 Å². The molecule has 0 radical (unpaired) electrons. The number of nitrogens with zero attached hydrogens (tertiary/aromatic N) is 3. The maximum Gasteiger partial charge on any atom is 0.305 e. The molecule has 1 amide bonds. The number of hydrogen-bond acceptors (Lipinski definition) is 9. The van der Waals surface area contributed by atoms with Crippen LogP contribution in [-0.2, 0) is 30.7 Å². The summed E-state index contributed by atoms with van der Waals surface area (Å²) in [5.41, 5.74) is 4.76. The zero-order chi connectivity index (χ0) is 31.6. The van der Waals surface area contributed by atoms with Crippen LogP contribution < -0.4 is 4.74 Å². The Morgan fingerprint density at radius 2 is 1.76 bits per heavy atom. The zero-order valence-electron chi connectivity index (χ0n) is 25.3. The minimum atomic E-state index is -3.51. The van der Waals surface area contributed by atoms with Gasteiger partial charge in [0, 0.05) is 37.7 Å². The van der Waals surface area contributed by atoms with Crippen LogP contribution >= 0.6 is 0 Å². The number of carbonyl (C=O) groups excluding carboxylic acids is 2. The van der Waals surface area contributed by atoms with Crippen molar-refractivity contribution in [2.45, 2.75) is 38.0 Å². The summed E-state index contributed by atoms with van der Waals surface area (Å²) in [5, 5.41) is 0. The molecule has 1 aromatic heterocycles. The third kappa shape index (κ3) is 7.19. The number of hydrogen-bond donors (Lipinski definition) is 1. The van der Waals surface area contributed by atoms with Crippen molar-refractivity contribution < 1.29 is 32.2 Å². The molecule has 6 rings (SSSR count). The number of H-pyrrole nitrogens is 1. The monoisotopic (exact) mass is 632 g/mol. The van der Waals surface area contributed by atoms with E-state index >= 15 is 0 Å². The lowest BCUT2D eigenvalue weighted by Crippen LogP contribution is -2.39. The fraction of sp³-hybridized carbons (Fsp3) is 0.364. The third-order valence-electron chi connectivity index (χ3n) is 8.02. The summed E-state index contributed by atoms with van der Waals surface area (Å²) in [6, 6.07) is 17.7. The number of carbonyl (C=O) groups is 2. The first kappa shape index (κ1) is 30.8. The van der Waals surface area contributed by atoms with E-state index in [2.05, 4.69) is 14.9 Å². The molecular formula is C33H36N4O7S. The predicted molar refractivity (Wildman–Crippen MR) is 168 cm³/mol. The highest BCUT2D eigenvalue weighted by atomic mass is 32.2. The second-order valence-electron chi connectivity index (χ2n) is 11.4. The fourth-order valence-corrected chi connectivity index (χ4v) is 7.05. The third-order valence-corrected chi connectivity index (χ3v) is 9.84. The number of esters is 1. The second kappa shape index (κ2) is 13.0. The lowest BCUT2D eigenvalue weighted by atomic mass is 10.0. The Morgan fingerprint density at radius 1 is 1.02 bits per heavy atom. The number of benzene rings is 3. The van der Waals surface area contributed by atoms with Crippen LogP contribution in [0.3, 0.4) is 0 Å². The molecule has 236 valence electrons. The Labute approximate surface area is 262 Å². The molecule has 2 aliphatic rings. The number of fused-ring (bicyclic) bond motifs is 2. The van der Waals surface area contributed by atoms with E-state index in [0.717, 1.165) is 46.6 Å². The largest absolute Gasteiger partial charge is 0.452 e. The van der Waals surface area contributed by atoms with E-state index in [4.69, 9.17) is 14.2 Å². The quantitative estimate of drug-likeness (QED) is 0.287. The number of imidazole rings is 1. The first-order chi connectivity index (χ1) is 21.6. The van der Waals surface area contributed by atoms with E-state index in [9.17, 15) is 18.0 Å². The Morgan fingerprint density at radius 3 is 2.51 bits per heavy atom. The minimum Gasteiger partial charge on any atom is -0.452 e. The van der Waals surface area contributed by atoms with Gasteiger partial charge in [0.25, 0.3) is 12.2 Å². The molecule has 0 saturated carbocycles. The molecule has 3 aromatic carbocycles. The molecule has 0 spiro atoms. The van der Waals surface area contributed by atoms with Gasteiger partial charge in [-0.05, 0) is 79.5 Å². The summed E-state index contributed by atoms with van der Waals surface area (Å²) in [6.07, 6.45) is -0.487. The van der Waals surface area contributed by atoms with Crippen molar-refractivity contribution in [2.75, 3.05) is 45.1 Å². The second-order valence-corrected chi connectivity index (χ2v) is 13.5. The molecule has 45 heavy (non-hydrogen) atoms. The average Bonchev–Trinajstić information content (AvgIpc) is 3.30. The van der Waals surface area contributed by atoms with Crippen LogP contribution in [0.15, 0.2) is 65.6 Å². The van der Waals surface area contributed by atoms with Crippen molar-refractivity contribution in [3.05, 3.63) is 77.6 Å². The number of amides is 1. The molecule has 0 bridgehead atoms. The van der Waals surface area contributed by atoms with Crippen LogP contribution in [0.1, 0.15) is 35.1 Å². The van der Waals surface area contributed by atoms with Crippen molar-refractivity contribution >= 4 is 32.7 Å². The van der Waals surface area contributed by atoms with Gasteiger partial charge in [-0.1, -0.05) is 12.1 Å². The van der Waals surface area contributed by atoms with Crippen LogP contribution in [0.5, 0.6) is 5.75 Å². The summed E-state index contributed by atoms with van der Waals surface area (Å²) < 4.78 is 42.8. The molecule has 1 saturated heterocycles. The van der Waals surface area contributed by atoms with Crippen LogP contribution in [-0.4, -0.2) is 91.5 Å². The standard InChI is InChI=1S/C33H36N4O7S/c1-22-34-29-10-6-26(19-30(29)35-22)25-7-11-31-27(18-25)20-37(21-32(44-31)43-23(2)38)33(39)24-4-8-28(9-5-24)45(40,41)17-3-12-36-13-15-42-16-14-36/h4-11,18-19,32H,3,12-17,20-21H2,1-2H3,(H,34,35). The number of morpholine rings is 1. The van der Waals surface area contributed by atoms with Crippen molar-refractivity contribution in [3.8, 4) is 16.9 Å². The van der Waals surface area contributed by atoms with E-state index in [1.165, 1.54) is 31.2 Å². The molecule has 1 atom stereocenters. The smallest absolute Gasteiger partial charge is 0.305 e. The number of aromatic nitrogens is 2. The van der Waals surface area contributed by atoms with Gasteiger partial charge in [-0.15, -0.1) is 0 Å². The number of ether oxygens (including phenoxy) is 3. The highest BCUT2D eigenvalue weighted by Crippen LogP contribution is 2.32. The van der Waals surface area contributed by atoms with Crippen molar-refractivity contribution in [2.24, 2.45) is 0 Å². The van der Waals surface area contributed by atoms with E-state index in [1.54, 1.807) is 4.90 Å². The first-order valence-corrected chi connectivity index (χ1v) is 16.7. The Kier molecular flexibility index (Phi) is 8.88. The summed E-state index contributed by atoms with van der Waals surface area (Å²) in [5.74, 6) is 0.505. The molecular weight excluding hydrogens is 596 g/mol. The first-order valence-electron chi connectivity index (χ1n) is 15.0. The SMILES string of the molecule is CC(=O)OC1CN(C(=O)c2ccc(S(=O)(=O)CCCN3CCOCC3)cc2)Cc2cc(-c3ccc4nc(C)[nH]c4c3)ccc2O1. The highest BCUT2D eigenvalue weighted by Gasteiger charge is 2.29. The summed E-state index contributed by atoms with van der Waals surface area (Å²) in [4.78, 5) is 37.3. The van der Waals surface area contributed by atoms with Crippen molar-refractivity contribution in [1.29, 1.82) is 0 Å². The van der Waals surface area contributed by atoms with Gasteiger partial charge in [0.05, 0.1) is 41.4 Å². The van der Waals surface area contributed by atoms with Gasteiger partial charge in [0.1, 0.15) is 11.6 Å². The lowest BCUT2D eigenvalue weighted by molar-refractivity contribution is -0.161. The predicted octanol–water partition coefficient (Wildman–Crippen LogP) is 3.96. The normalized spacial score (nSPS) is 17.4. The topological polar surface area (TPSA) is 131 Å². The number of rotatable bonds is 8. The van der Waals surface area contributed by atoms with Crippen molar-refractivity contribution in [1.82, 2.24) is 19.8 Å². The van der Waals surface area contributed by atoms with E-state index < -0.39 is 22.1 Å². The van der Waals surface area contributed by atoms with Gasteiger partial charge in [-0.3, -0.25) is 14.5 Å². The van der Waals surface area contributed by atoms with Gasteiger partial charge in [0.2, 0.25) is 0 Å². The van der Waals surface area contributed by atoms with Crippen LogP contribution in [0.25, 0.3) is 22.2 Å². The molecule has 2 aliphatic heterocycles. The Bertz CT molecular complexity index is 1810. The Hall–Kier alpha value is -4.26. The minimum absolute atomic E-state index is 0.00337. The molecule has 1 N–H and O–H groups in total. The fourth-order valence-electron chi connectivity index (χ4n) is 5.75.